The highest BCUT2D eigenvalue weighted by molar-refractivity contribution is 6.06. The minimum Gasteiger partial charge on any atom is -0.396 e. The molecule has 3 rings (SSSR count). The number of nitrogens with one attached hydrogen (secondary N) is 2. The first-order chi connectivity index (χ1) is 13.6. The minimum atomic E-state index is -0.0960. The number of aliphatic hydroxyl groups excluding tert-OH is 1. The fourth-order valence-electron chi connectivity index (χ4n) is 3.28. The van der Waals surface area contributed by atoms with Crippen molar-refractivity contribution < 1.29 is 5.11 Å². The molecule has 0 aromatic heterocycles. The fourth-order valence-corrected chi connectivity index (χ4v) is 3.28. The lowest BCUT2D eigenvalue weighted by molar-refractivity contribution is 0.261. The molecule has 1 heterocycles. The molecule has 2 aromatic carbocycles. The van der Waals surface area contributed by atoms with E-state index in [-0.39, 0.29) is 18.7 Å². The van der Waals surface area contributed by atoms with Gasteiger partial charge in [0.05, 0.1) is 0 Å². The van der Waals surface area contributed by atoms with Gasteiger partial charge in [0, 0.05) is 37.4 Å². The van der Waals surface area contributed by atoms with Gasteiger partial charge in [-0.3, -0.25) is 0 Å². The minimum absolute atomic E-state index is 0.0545. The SMILES string of the molecule is CCCN/C(=C\C(C)CO)NC1=NC(c2ccccc2)N(C)c2ccccc21. The maximum absolute atomic E-state index is 9.46. The quantitative estimate of drug-likeness (QED) is 0.688. The predicted molar refractivity (Wildman–Crippen MR) is 116 cm³/mol. The van der Waals surface area contributed by atoms with Crippen molar-refractivity contribution in [2.45, 2.75) is 26.4 Å². The number of nitrogens with zero attached hydrogens (tertiary/aromatic N) is 2. The number of aliphatic hydroxyl groups is 1. The molecule has 0 saturated carbocycles. The van der Waals surface area contributed by atoms with E-state index in [0.717, 1.165) is 41.4 Å². The summed E-state index contributed by atoms with van der Waals surface area (Å²) in [6.45, 7) is 5.09. The lowest BCUT2D eigenvalue weighted by Gasteiger charge is -2.34. The first kappa shape index (κ1) is 20.0. The number of rotatable bonds is 7. The molecular weight excluding hydrogens is 348 g/mol. The second-order valence-corrected chi connectivity index (χ2v) is 7.18. The van der Waals surface area contributed by atoms with Crippen molar-refractivity contribution in [2.24, 2.45) is 10.9 Å². The van der Waals surface area contributed by atoms with E-state index in [2.05, 4.69) is 59.8 Å². The molecule has 3 N–H and O–H groups in total. The maximum Gasteiger partial charge on any atom is 0.149 e. The second kappa shape index (κ2) is 9.42. The van der Waals surface area contributed by atoms with Crippen LogP contribution in [0.3, 0.4) is 0 Å². The van der Waals surface area contributed by atoms with E-state index in [0.29, 0.717) is 0 Å². The molecule has 5 nitrogen and oxygen atoms in total. The Balaban J connectivity index is 1.99. The molecule has 0 spiro atoms. The monoisotopic (exact) mass is 378 g/mol. The molecule has 0 aliphatic carbocycles. The van der Waals surface area contributed by atoms with Crippen LogP contribution in [0.15, 0.2) is 71.5 Å². The number of anilines is 1. The highest BCUT2D eigenvalue weighted by Gasteiger charge is 2.26. The number of hydrogen-bond acceptors (Lipinski definition) is 5. The Morgan fingerprint density at radius 3 is 2.61 bits per heavy atom. The van der Waals surface area contributed by atoms with E-state index in [9.17, 15) is 5.11 Å². The maximum atomic E-state index is 9.46. The van der Waals surface area contributed by atoms with Gasteiger partial charge >= 0.3 is 0 Å². The first-order valence-corrected chi connectivity index (χ1v) is 9.92. The molecule has 0 fully saturated rings. The topological polar surface area (TPSA) is 59.9 Å². The first-order valence-electron chi connectivity index (χ1n) is 9.92. The lowest BCUT2D eigenvalue weighted by Crippen LogP contribution is -2.38. The van der Waals surface area contributed by atoms with Crippen LogP contribution >= 0.6 is 0 Å². The smallest absolute Gasteiger partial charge is 0.149 e. The van der Waals surface area contributed by atoms with Crippen LogP contribution in [-0.2, 0) is 0 Å². The molecule has 0 bridgehead atoms. The van der Waals surface area contributed by atoms with Crippen molar-refractivity contribution in [1.82, 2.24) is 10.6 Å². The molecule has 0 radical (unpaired) electrons. The predicted octanol–water partition coefficient (Wildman–Crippen LogP) is 3.64. The van der Waals surface area contributed by atoms with Crippen molar-refractivity contribution >= 4 is 11.5 Å². The summed E-state index contributed by atoms with van der Waals surface area (Å²) >= 11 is 0. The number of fused-ring (bicyclic) bond motifs is 1. The van der Waals surface area contributed by atoms with Gasteiger partial charge in [0.15, 0.2) is 0 Å². The average Bonchev–Trinajstić information content (AvgIpc) is 2.74. The summed E-state index contributed by atoms with van der Waals surface area (Å²) in [7, 11) is 2.08. The van der Waals surface area contributed by atoms with Crippen molar-refractivity contribution in [1.29, 1.82) is 0 Å². The fraction of sp³-hybridized carbons (Fsp3) is 0.348. The van der Waals surface area contributed by atoms with Crippen LogP contribution in [0, 0.1) is 5.92 Å². The molecule has 0 amide bonds. The van der Waals surface area contributed by atoms with Gasteiger partial charge in [0.25, 0.3) is 0 Å². The van der Waals surface area contributed by atoms with Crippen LogP contribution in [0.2, 0.25) is 0 Å². The summed E-state index contributed by atoms with van der Waals surface area (Å²) in [5, 5.41) is 16.4. The van der Waals surface area contributed by atoms with Crippen LogP contribution < -0.4 is 15.5 Å². The van der Waals surface area contributed by atoms with E-state index in [1.54, 1.807) is 0 Å². The largest absolute Gasteiger partial charge is 0.396 e. The summed E-state index contributed by atoms with van der Waals surface area (Å²) in [6.07, 6.45) is 2.95. The van der Waals surface area contributed by atoms with E-state index in [1.165, 1.54) is 0 Å². The van der Waals surface area contributed by atoms with Gasteiger partial charge in [0.2, 0.25) is 0 Å². The Kier molecular flexibility index (Phi) is 6.71. The number of benzene rings is 2. The van der Waals surface area contributed by atoms with Gasteiger partial charge < -0.3 is 20.6 Å². The molecular formula is C23H30N4O. The van der Waals surface area contributed by atoms with Gasteiger partial charge in [-0.05, 0) is 30.2 Å². The van der Waals surface area contributed by atoms with Gasteiger partial charge in [-0.15, -0.1) is 0 Å². The van der Waals surface area contributed by atoms with Crippen LogP contribution in [-0.4, -0.2) is 31.1 Å². The zero-order valence-corrected chi connectivity index (χ0v) is 16.9. The van der Waals surface area contributed by atoms with Crippen molar-refractivity contribution in [3.8, 4) is 0 Å². The number of aliphatic imine (C=N–C) groups is 1. The van der Waals surface area contributed by atoms with Crippen molar-refractivity contribution in [3.63, 3.8) is 0 Å². The van der Waals surface area contributed by atoms with Crippen LogP contribution in [0.1, 0.15) is 37.6 Å². The molecule has 2 unspecified atom stereocenters. The van der Waals surface area contributed by atoms with E-state index < -0.39 is 0 Å². The van der Waals surface area contributed by atoms with Crippen LogP contribution in [0.4, 0.5) is 5.69 Å². The summed E-state index contributed by atoms with van der Waals surface area (Å²) in [5.74, 6) is 1.77. The standard InChI is InChI=1S/C23H30N4O/c1-4-14-24-21(15-17(2)16-28)25-22-19-12-8-9-13-20(19)27(3)23(26-22)18-10-6-5-7-11-18/h5-13,15,17,23-24,28H,4,14,16H2,1-3H3,(H,25,26)/b21-15+. The number of hydrogen-bond donors (Lipinski definition) is 3. The Hall–Kier alpha value is -2.79. The zero-order chi connectivity index (χ0) is 19.9. The highest BCUT2D eigenvalue weighted by atomic mass is 16.3. The average molecular weight is 379 g/mol. The van der Waals surface area contributed by atoms with E-state index in [1.807, 2.05) is 37.3 Å². The van der Waals surface area contributed by atoms with Crippen molar-refractivity contribution in [2.75, 3.05) is 25.1 Å². The summed E-state index contributed by atoms with van der Waals surface area (Å²) in [6, 6.07) is 18.6. The lowest BCUT2D eigenvalue weighted by atomic mass is 10.0. The van der Waals surface area contributed by atoms with E-state index >= 15 is 0 Å². The second-order valence-electron chi connectivity index (χ2n) is 7.18. The van der Waals surface area contributed by atoms with Gasteiger partial charge in [-0.1, -0.05) is 56.3 Å². The molecule has 0 saturated heterocycles. The summed E-state index contributed by atoms with van der Waals surface area (Å²) in [4.78, 5) is 7.25. The Bertz CT molecular complexity index is 832. The zero-order valence-electron chi connectivity index (χ0n) is 16.9. The summed E-state index contributed by atoms with van der Waals surface area (Å²) < 4.78 is 0. The molecule has 1 aliphatic heterocycles. The van der Waals surface area contributed by atoms with Crippen LogP contribution in [0.25, 0.3) is 0 Å². The third kappa shape index (κ3) is 4.54. The third-order valence-corrected chi connectivity index (χ3v) is 4.81. The molecule has 148 valence electrons. The molecule has 2 aromatic rings. The summed E-state index contributed by atoms with van der Waals surface area (Å²) in [5.41, 5.74) is 3.35. The van der Waals surface area contributed by atoms with E-state index in [4.69, 9.17) is 4.99 Å². The van der Waals surface area contributed by atoms with Gasteiger partial charge in [0.1, 0.15) is 17.8 Å². The Labute approximate surface area is 167 Å². The Morgan fingerprint density at radius 2 is 1.89 bits per heavy atom. The molecule has 2 atom stereocenters. The van der Waals surface area contributed by atoms with Crippen LogP contribution in [0.5, 0.6) is 0 Å². The van der Waals surface area contributed by atoms with Gasteiger partial charge in [-0.25, -0.2) is 4.99 Å². The molecule has 1 aliphatic rings. The normalized spacial score (nSPS) is 17.6. The third-order valence-electron chi connectivity index (χ3n) is 4.81. The Morgan fingerprint density at radius 1 is 1.18 bits per heavy atom. The number of amidine groups is 1. The van der Waals surface area contributed by atoms with Gasteiger partial charge in [-0.2, -0.15) is 0 Å². The number of para-hydroxylation sites is 1. The van der Waals surface area contributed by atoms with Crippen molar-refractivity contribution in [3.05, 3.63) is 77.6 Å². The molecule has 28 heavy (non-hydrogen) atoms. The molecule has 5 heteroatoms. The highest BCUT2D eigenvalue weighted by Crippen LogP contribution is 2.34.